The highest BCUT2D eigenvalue weighted by Crippen LogP contribution is 2.31. The number of benzene rings is 2. The average molecular weight is 487 g/mol. The van der Waals surface area contributed by atoms with E-state index in [0.29, 0.717) is 30.0 Å². The number of hydrogen-bond acceptors (Lipinski definition) is 8. The molecule has 0 unspecified atom stereocenters. The second-order valence-corrected chi connectivity index (χ2v) is 9.62. The molecule has 0 radical (unpaired) electrons. The lowest BCUT2D eigenvalue weighted by molar-refractivity contribution is -0.116. The van der Waals surface area contributed by atoms with Gasteiger partial charge in [-0.25, -0.2) is 0 Å². The standard InChI is InChI=1S/C21H14N2O4S4/c24-18-16(30-20(28)22-18)9-12-5-1-3-7-14(12)26-11-27-15-8-4-2-6-13(15)10-17-19(25)23-21(29)31-17/h1-10H,11H2,(H,22,24,28)(H,23,25,29)/b16-9+,17-10+. The largest absolute Gasteiger partial charge is 0.457 e. The van der Waals surface area contributed by atoms with Crippen LogP contribution in [0.25, 0.3) is 12.2 Å². The van der Waals surface area contributed by atoms with Crippen molar-refractivity contribution in [2.75, 3.05) is 6.79 Å². The van der Waals surface area contributed by atoms with Crippen LogP contribution in [0.5, 0.6) is 11.5 Å². The quantitative estimate of drug-likeness (QED) is 0.359. The van der Waals surface area contributed by atoms with Gasteiger partial charge in [-0.3, -0.25) is 9.59 Å². The van der Waals surface area contributed by atoms with Gasteiger partial charge in [0, 0.05) is 11.1 Å². The van der Waals surface area contributed by atoms with E-state index in [2.05, 4.69) is 10.6 Å². The molecule has 2 N–H and O–H groups in total. The molecule has 0 bridgehead atoms. The van der Waals surface area contributed by atoms with E-state index < -0.39 is 0 Å². The lowest BCUT2D eigenvalue weighted by Crippen LogP contribution is -2.17. The van der Waals surface area contributed by atoms with Crippen LogP contribution >= 0.6 is 48.0 Å². The predicted molar refractivity (Wildman–Crippen MR) is 132 cm³/mol. The van der Waals surface area contributed by atoms with Crippen LogP contribution in [0.3, 0.4) is 0 Å². The number of thiocarbonyl (C=S) groups is 2. The number of carbonyl (C=O) groups is 2. The maximum atomic E-state index is 11.9. The summed E-state index contributed by atoms with van der Waals surface area (Å²) < 4.78 is 12.5. The summed E-state index contributed by atoms with van der Waals surface area (Å²) in [6.07, 6.45) is 3.46. The predicted octanol–water partition coefficient (Wildman–Crippen LogP) is 4.08. The topological polar surface area (TPSA) is 76.7 Å². The van der Waals surface area contributed by atoms with Gasteiger partial charge in [0.1, 0.15) is 20.1 Å². The number of hydrogen-bond donors (Lipinski definition) is 2. The van der Waals surface area contributed by atoms with Gasteiger partial charge in [-0.2, -0.15) is 0 Å². The second kappa shape index (κ2) is 9.65. The highest BCUT2D eigenvalue weighted by atomic mass is 32.2. The molecule has 2 aromatic carbocycles. The van der Waals surface area contributed by atoms with E-state index in [1.165, 1.54) is 23.5 Å². The summed E-state index contributed by atoms with van der Waals surface area (Å²) in [6, 6.07) is 14.6. The van der Waals surface area contributed by atoms with Crippen LogP contribution in [-0.4, -0.2) is 27.2 Å². The third-order valence-corrected chi connectivity index (χ3v) is 6.45. The van der Waals surface area contributed by atoms with Crippen LogP contribution < -0.4 is 20.1 Å². The lowest BCUT2D eigenvalue weighted by atomic mass is 10.2. The highest BCUT2D eigenvalue weighted by Gasteiger charge is 2.23. The summed E-state index contributed by atoms with van der Waals surface area (Å²) in [4.78, 5) is 24.9. The van der Waals surface area contributed by atoms with Crippen molar-refractivity contribution in [3.8, 4) is 11.5 Å². The van der Waals surface area contributed by atoms with E-state index in [9.17, 15) is 9.59 Å². The minimum atomic E-state index is -0.226. The lowest BCUT2D eigenvalue weighted by Gasteiger charge is -2.12. The number of carbonyl (C=O) groups excluding carboxylic acids is 2. The molecule has 0 atom stereocenters. The van der Waals surface area contributed by atoms with Gasteiger partial charge in [-0.1, -0.05) is 84.4 Å². The summed E-state index contributed by atoms with van der Waals surface area (Å²) in [7, 11) is 0. The van der Waals surface area contributed by atoms with Gasteiger partial charge in [0.25, 0.3) is 11.8 Å². The minimum Gasteiger partial charge on any atom is -0.457 e. The first-order valence-corrected chi connectivity index (χ1v) is 11.4. The summed E-state index contributed by atoms with van der Waals surface area (Å²) >= 11 is 12.5. The van der Waals surface area contributed by atoms with E-state index in [-0.39, 0.29) is 18.6 Å². The Morgan fingerprint density at radius 2 is 1.16 bits per heavy atom. The zero-order valence-electron chi connectivity index (χ0n) is 15.7. The molecule has 4 rings (SSSR count). The summed E-state index contributed by atoms with van der Waals surface area (Å²) in [5.41, 5.74) is 1.47. The zero-order chi connectivity index (χ0) is 21.8. The molecular formula is C21H14N2O4S4. The molecule has 31 heavy (non-hydrogen) atoms. The summed E-state index contributed by atoms with van der Waals surface area (Å²) in [5, 5.41) is 5.18. The molecule has 2 heterocycles. The Morgan fingerprint density at radius 1 is 0.742 bits per heavy atom. The molecule has 2 aliphatic heterocycles. The Bertz CT molecular complexity index is 1070. The number of ether oxygens (including phenoxy) is 2. The van der Waals surface area contributed by atoms with Gasteiger partial charge in [0.05, 0.1) is 9.81 Å². The maximum Gasteiger partial charge on any atom is 0.263 e. The van der Waals surface area contributed by atoms with E-state index in [1.54, 1.807) is 24.3 Å². The maximum absolute atomic E-state index is 11.9. The average Bonchev–Trinajstić information content (AvgIpc) is 3.23. The molecule has 6 nitrogen and oxygen atoms in total. The summed E-state index contributed by atoms with van der Waals surface area (Å²) in [5.74, 6) is 0.675. The monoisotopic (exact) mass is 486 g/mol. The molecule has 0 aliphatic carbocycles. The molecule has 2 aliphatic rings. The van der Waals surface area contributed by atoms with Crippen molar-refractivity contribution in [1.82, 2.24) is 10.6 Å². The third kappa shape index (κ3) is 5.34. The summed E-state index contributed by atoms with van der Waals surface area (Å²) in [6.45, 7) is -0.0596. The fourth-order valence-corrected chi connectivity index (χ4v) is 4.81. The molecular weight excluding hydrogens is 473 g/mol. The fraction of sp³-hybridized carbons (Fsp3) is 0.0476. The Hall–Kier alpha value is -2.66. The van der Waals surface area contributed by atoms with Crippen LogP contribution in [0.15, 0.2) is 58.3 Å². The van der Waals surface area contributed by atoms with Crippen molar-refractivity contribution in [3.05, 3.63) is 69.5 Å². The molecule has 2 fully saturated rings. The van der Waals surface area contributed by atoms with E-state index in [1.807, 2.05) is 36.4 Å². The van der Waals surface area contributed by atoms with Crippen molar-refractivity contribution in [2.24, 2.45) is 0 Å². The van der Waals surface area contributed by atoms with Gasteiger partial charge < -0.3 is 20.1 Å². The van der Waals surface area contributed by atoms with Gasteiger partial charge in [0.15, 0.2) is 0 Å². The number of nitrogens with one attached hydrogen (secondary N) is 2. The first kappa shape index (κ1) is 21.6. The van der Waals surface area contributed by atoms with Crippen molar-refractivity contribution in [3.63, 3.8) is 0 Å². The highest BCUT2D eigenvalue weighted by molar-refractivity contribution is 8.27. The van der Waals surface area contributed by atoms with Crippen molar-refractivity contribution < 1.29 is 19.1 Å². The van der Waals surface area contributed by atoms with E-state index >= 15 is 0 Å². The van der Waals surface area contributed by atoms with Gasteiger partial charge in [-0.05, 0) is 24.3 Å². The minimum absolute atomic E-state index is 0.0596. The Kier molecular flexibility index (Phi) is 6.71. The smallest absolute Gasteiger partial charge is 0.263 e. The van der Waals surface area contributed by atoms with Crippen LogP contribution in [0.2, 0.25) is 0 Å². The van der Waals surface area contributed by atoms with Crippen LogP contribution in [0.4, 0.5) is 0 Å². The van der Waals surface area contributed by atoms with Gasteiger partial charge in [0.2, 0.25) is 6.79 Å². The number of para-hydroxylation sites is 2. The molecule has 2 amide bonds. The Labute approximate surface area is 197 Å². The molecule has 0 spiro atoms. The SMILES string of the molecule is O=C1NC(=S)S/C1=C/c1ccccc1OCOc1ccccc1/C=C1/SC(=S)NC1=O. The van der Waals surface area contributed by atoms with Crippen molar-refractivity contribution in [2.45, 2.75) is 0 Å². The normalized spacial score (nSPS) is 18.5. The third-order valence-electron chi connectivity index (χ3n) is 4.12. The Balaban J connectivity index is 1.47. The van der Waals surface area contributed by atoms with E-state index in [4.69, 9.17) is 33.9 Å². The Morgan fingerprint density at radius 3 is 1.55 bits per heavy atom. The van der Waals surface area contributed by atoms with Crippen LogP contribution in [-0.2, 0) is 9.59 Å². The first-order chi connectivity index (χ1) is 15.0. The number of rotatable bonds is 6. The van der Waals surface area contributed by atoms with E-state index in [0.717, 1.165) is 11.1 Å². The molecule has 0 saturated carbocycles. The first-order valence-electron chi connectivity index (χ1n) is 8.93. The number of amides is 2. The molecule has 0 aromatic heterocycles. The second-order valence-electron chi connectivity index (χ2n) is 6.19. The van der Waals surface area contributed by atoms with Gasteiger partial charge in [-0.15, -0.1) is 0 Å². The van der Waals surface area contributed by atoms with Crippen LogP contribution in [0, 0.1) is 0 Å². The van der Waals surface area contributed by atoms with Crippen molar-refractivity contribution >= 4 is 80.6 Å². The number of thioether (sulfide) groups is 2. The van der Waals surface area contributed by atoms with Crippen molar-refractivity contribution in [1.29, 1.82) is 0 Å². The molecule has 2 aromatic rings. The molecule has 156 valence electrons. The van der Waals surface area contributed by atoms with Gasteiger partial charge >= 0.3 is 0 Å². The fourth-order valence-electron chi connectivity index (χ4n) is 2.74. The zero-order valence-corrected chi connectivity index (χ0v) is 19.0. The van der Waals surface area contributed by atoms with Crippen LogP contribution in [0.1, 0.15) is 11.1 Å². The molecule has 10 heteroatoms. The molecule has 2 saturated heterocycles.